The van der Waals surface area contributed by atoms with Gasteiger partial charge in [-0.25, -0.2) is 4.79 Å². The molecule has 0 aromatic carbocycles. The Bertz CT molecular complexity index is 564. The average molecular weight is 547 g/mol. The number of allylic oxidation sites excluding steroid dienone is 1. The molecule has 0 aromatic rings. The highest BCUT2D eigenvalue weighted by molar-refractivity contribution is 6.01. The minimum atomic E-state index is -0.0857. The third-order valence-electron chi connectivity index (χ3n) is 8.92. The smallest absolute Gasteiger partial charge is 0.379 e. The highest BCUT2D eigenvalue weighted by Crippen LogP contribution is 2.28. The van der Waals surface area contributed by atoms with Crippen molar-refractivity contribution >= 4 is 5.97 Å². The van der Waals surface area contributed by atoms with E-state index >= 15 is 0 Å². The largest absolute Gasteiger partial charge is 0.413 e. The minimum Gasteiger partial charge on any atom is -0.413 e. The van der Waals surface area contributed by atoms with Gasteiger partial charge in [-0.15, -0.1) is 0 Å². The van der Waals surface area contributed by atoms with Crippen LogP contribution in [0.5, 0.6) is 0 Å². The van der Waals surface area contributed by atoms with Crippen molar-refractivity contribution < 1.29 is 9.53 Å². The molecule has 1 heterocycles. The van der Waals surface area contributed by atoms with Gasteiger partial charge in [-0.05, 0) is 24.8 Å². The van der Waals surface area contributed by atoms with Crippen LogP contribution in [0, 0.1) is 0 Å². The van der Waals surface area contributed by atoms with Gasteiger partial charge in [0, 0.05) is 0 Å². The maximum Gasteiger partial charge on any atom is 0.379 e. The summed E-state index contributed by atoms with van der Waals surface area (Å²) in [5.41, 5.74) is 1.24. The first-order chi connectivity index (χ1) is 19.3. The Hall–Kier alpha value is -0.790. The molecule has 1 aliphatic rings. The zero-order valence-electron chi connectivity index (χ0n) is 26.9. The number of carbonyl (C=O) groups excluding carboxylic acids is 1. The van der Waals surface area contributed by atoms with Crippen LogP contribution >= 0.6 is 0 Å². The normalized spacial score (nSPS) is 14.2. The van der Waals surface area contributed by atoms with Crippen LogP contribution < -0.4 is 0 Å². The Morgan fingerprint density at radius 3 is 0.846 bits per heavy atom. The fraction of sp³-hybridized carbons (Fsp3) is 0.919. The number of unbranched alkanes of at least 4 members (excludes halogenated alkanes) is 29. The van der Waals surface area contributed by atoms with Crippen molar-refractivity contribution in [1.29, 1.82) is 0 Å². The van der Waals surface area contributed by atoms with Gasteiger partial charge in [-0.3, -0.25) is 0 Å². The first-order valence-electron chi connectivity index (χ1n) is 18.2. The molecule has 0 saturated carbocycles. The van der Waals surface area contributed by atoms with Crippen molar-refractivity contribution in [2.24, 2.45) is 0 Å². The van der Waals surface area contributed by atoms with E-state index in [1.807, 2.05) is 0 Å². The van der Waals surface area contributed by atoms with Crippen molar-refractivity contribution in [1.82, 2.24) is 0 Å². The minimum absolute atomic E-state index is 0.0857. The van der Waals surface area contributed by atoms with E-state index in [9.17, 15) is 4.79 Å². The third-order valence-corrected chi connectivity index (χ3v) is 8.92. The molecule has 0 radical (unpaired) electrons. The van der Waals surface area contributed by atoms with Crippen LogP contribution in [0.15, 0.2) is 11.3 Å². The number of ether oxygens (including phenoxy) is 1. The highest BCUT2D eigenvalue weighted by atomic mass is 16.6. The van der Waals surface area contributed by atoms with Gasteiger partial charge in [0.15, 0.2) is 0 Å². The Labute approximate surface area is 245 Å². The SMILES string of the molecule is CCCCCCCCCCCCCCCCCCCCCCCCCCCCCCCCC(CC)=C1OC1=O. The molecule has 0 bridgehead atoms. The molecule has 1 saturated heterocycles. The first kappa shape index (κ1) is 36.2. The van der Waals surface area contributed by atoms with Gasteiger partial charge in [0.05, 0.1) is 0 Å². The van der Waals surface area contributed by atoms with Crippen molar-refractivity contribution in [3.63, 3.8) is 0 Å². The van der Waals surface area contributed by atoms with Crippen LogP contribution in [0.3, 0.4) is 0 Å². The van der Waals surface area contributed by atoms with E-state index in [-0.39, 0.29) is 5.97 Å². The standard InChI is InChI=1S/C37H70O2/c1-3-5-6-7-8-9-10-11-12-13-14-15-16-17-18-19-20-21-22-23-24-25-26-27-28-29-30-31-32-33-34-35(4-2)36-37(38)39-36/h3-34H2,1-2H3. The van der Waals surface area contributed by atoms with Gasteiger partial charge in [0.1, 0.15) is 0 Å². The number of carbonyl (C=O) groups is 1. The second-order valence-corrected chi connectivity index (χ2v) is 12.7. The van der Waals surface area contributed by atoms with Gasteiger partial charge in [0.2, 0.25) is 5.76 Å². The number of hydrogen-bond acceptors (Lipinski definition) is 2. The molecule has 2 heteroatoms. The summed E-state index contributed by atoms with van der Waals surface area (Å²) >= 11 is 0. The van der Waals surface area contributed by atoms with Gasteiger partial charge in [-0.1, -0.05) is 200 Å². The molecule has 0 amide bonds. The quantitative estimate of drug-likeness (QED) is 0.0477. The predicted molar refractivity (Wildman–Crippen MR) is 172 cm³/mol. The molecule has 2 nitrogen and oxygen atoms in total. The van der Waals surface area contributed by atoms with Crippen LogP contribution in [-0.2, 0) is 9.53 Å². The lowest BCUT2D eigenvalue weighted by molar-refractivity contribution is -0.117. The Kier molecular flexibility index (Phi) is 26.7. The summed E-state index contributed by atoms with van der Waals surface area (Å²) < 4.78 is 4.93. The molecule has 0 unspecified atom stereocenters. The summed E-state index contributed by atoms with van der Waals surface area (Å²) in [5.74, 6) is 0.588. The molecule has 0 atom stereocenters. The second-order valence-electron chi connectivity index (χ2n) is 12.7. The molecule has 1 rings (SSSR count). The van der Waals surface area contributed by atoms with E-state index in [4.69, 9.17) is 4.74 Å². The Balaban J connectivity index is 1.64. The van der Waals surface area contributed by atoms with E-state index in [0.29, 0.717) is 5.76 Å². The van der Waals surface area contributed by atoms with Crippen LogP contribution in [-0.4, -0.2) is 5.97 Å². The van der Waals surface area contributed by atoms with E-state index in [0.717, 1.165) is 12.8 Å². The highest BCUT2D eigenvalue weighted by Gasteiger charge is 2.33. The Morgan fingerprint density at radius 2 is 0.641 bits per heavy atom. The summed E-state index contributed by atoms with van der Waals surface area (Å²) in [7, 11) is 0. The molecule has 0 N–H and O–H groups in total. The van der Waals surface area contributed by atoms with Crippen LogP contribution in [0.2, 0.25) is 0 Å². The summed E-state index contributed by atoms with van der Waals surface area (Å²) in [4.78, 5) is 11.1. The summed E-state index contributed by atoms with van der Waals surface area (Å²) in [6.07, 6.45) is 45.2. The predicted octanol–water partition coefficient (Wildman–Crippen LogP) is 13.3. The molecule has 0 aliphatic carbocycles. The zero-order valence-corrected chi connectivity index (χ0v) is 26.9. The lowest BCUT2D eigenvalue weighted by Crippen LogP contribution is -1.86. The van der Waals surface area contributed by atoms with E-state index in [1.54, 1.807) is 0 Å². The number of rotatable bonds is 32. The fourth-order valence-corrected chi connectivity index (χ4v) is 6.10. The van der Waals surface area contributed by atoms with Crippen LogP contribution in [0.25, 0.3) is 0 Å². The maximum atomic E-state index is 11.1. The monoisotopic (exact) mass is 547 g/mol. The molecule has 1 aliphatic heterocycles. The van der Waals surface area contributed by atoms with Crippen LogP contribution in [0.4, 0.5) is 0 Å². The first-order valence-corrected chi connectivity index (χ1v) is 18.2. The molecule has 0 spiro atoms. The van der Waals surface area contributed by atoms with E-state index in [1.165, 1.54) is 198 Å². The molecular formula is C37H70O2. The van der Waals surface area contributed by atoms with Crippen molar-refractivity contribution in [2.45, 2.75) is 219 Å². The van der Waals surface area contributed by atoms with Gasteiger partial charge in [0.25, 0.3) is 0 Å². The fourth-order valence-electron chi connectivity index (χ4n) is 6.10. The van der Waals surface area contributed by atoms with Crippen molar-refractivity contribution in [3.05, 3.63) is 11.3 Å². The maximum absolute atomic E-state index is 11.1. The molecule has 0 aromatic heterocycles. The lowest BCUT2D eigenvalue weighted by atomic mass is 10.0. The van der Waals surface area contributed by atoms with Gasteiger partial charge in [-0.2, -0.15) is 0 Å². The molecular weight excluding hydrogens is 476 g/mol. The second kappa shape index (κ2) is 28.7. The van der Waals surface area contributed by atoms with Crippen molar-refractivity contribution in [2.75, 3.05) is 0 Å². The van der Waals surface area contributed by atoms with Crippen LogP contribution in [0.1, 0.15) is 219 Å². The molecule has 1 fully saturated rings. The summed E-state index contributed by atoms with van der Waals surface area (Å²) in [6, 6.07) is 0. The zero-order chi connectivity index (χ0) is 28.1. The molecule has 39 heavy (non-hydrogen) atoms. The number of epoxide rings is 1. The number of cyclic esters (lactones) is 1. The van der Waals surface area contributed by atoms with Crippen molar-refractivity contribution in [3.8, 4) is 0 Å². The summed E-state index contributed by atoms with van der Waals surface area (Å²) in [6.45, 7) is 4.43. The molecule has 230 valence electrons. The van der Waals surface area contributed by atoms with Gasteiger partial charge < -0.3 is 4.74 Å². The third kappa shape index (κ3) is 24.7. The van der Waals surface area contributed by atoms with E-state index in [2.05, 4.69) is 13.8 Å². The number of hydrogen-bond donors (Lipinski definition) is 0. The Morgan fingerprint density at radius 1 is 0.410 bits per heavy atom. The topological polar surface area (TPSA) is 29.6 Å². The van der Waals surface area contributed by atoms with Gasteiger partial charge >= 0.3 is 5.97 Å². The average Bonchev–Trinajstić information content (AvgIpc) is 3.67. The lowest BCUT2D eigenvalue weighted by Gasteiger charge is -2.05. The van der Waals surface area contributed by atoms with E-state index < -0.39 is 0 Å². The summed E-state index contributed by atoms with van der Waals surface area (Å²) in [5, 5.41) is 0.